The highest BCUT2D eigenvalue weighted by atomic mass is 35.5. The predicted octanol–water partition coefficient (Wildman–Crippen LogP) is 2.48. The molecule has 2 saturated heterocycles. The average Bonchev–Trinajstić information content (AvgIpc) is 3.37. The summed E-state index contributed by atoms with van der Waals surface area (Å²) in [5, 5.41) is 16.2. The van der Waals surface area contributed by atoms with Crippen LogP contribution in [0.2, 0.25) is 5.02 Å². The first-order valence-electron chi connectivity index (χ1n) is 12.0. The van der Waals surface area contributed by atoms with Gasteiger partial charge in [-0.15, -0.1) is 11.3 Å². The van der Waals surface area contributed by atoms with Gasteiger partial charge in [0.25, 0.3) is 11.5 Å². The minimum atomic E-state index is -0.733. The zero-order valence-corrected chi connectivity index (χ0v) is 21.8. The molecule has 13 heteroatoms. The largest absolute Gasteiger partial charge is 0.340 e. The topological polar surface area (TPSA) is 133 Å². The van der Waals surface area contributed by atoms with Crippen molar-refractivity contribution >= 4 is 68.2 Å². The minimum absolute atomic E-state index is 0.0556. The van der Waals surface area contributed by atoms with Crippen molar-refractivity contribution in [2.45, 2.75) is 24.9 Å². The number of halogens is 1. The van der Waals surface area contributed by atoms with Gasteiger partial charge >= 0.3 is 0 Å². The number of carbonyl (C=O) groups excluding carboxylic acids is 2. The predicted molar refractivity (Wildman–Crippen MR) is 140 cm³/mol. The monoisotopic (exact) mass is 553 g/mol. The number of thioether (sulfide) groups is 1. The highest BCUT2D eigenvalue weighted by molar-refractivity contribution is 8.00. The number of amides is 2. The molecule has 2 N–H and O–H groups in total. The van der Waals surface area contributed by atoms with Crippen molar-refractivity contribution in [3.63, 3.8) is 0 Å². The third-order valence-corrected chi connectivity index (χ3v) is 10.5. The first kappa shape index (κ1) is 23.0. The van der Waals surface area contributed by atoms with Crippen LogP contribution in [0.4, 0.5) is 11.5 Å². The fourth-order valence-corrected chi connectivity index (χ4v) is 8.20. The van der Waals surface area contributed by atoms with Gasteiger partial charge in [0, 0.05) is 35.4 Å². The zero-order chi connectivity index (χ0) is 25.5. The van der Waals surface area contributed by atoms with Crippen LogP contribution in [0.5, 0.6) is 0 Å². The van der Waals surface area contributed by atoms with E-state index in [2.05, 4.69) is 26.7 Å². The van der Waals surface area contributed by atoms with Crippen LogP contribution in [-0.2, 0) is 23.3 Å². The molecular formula is C24H20ClN7O3S2. The fraction of sp³-hybridized carbons (Fsp3) is 0.417. The van der Waals surface area contributed by atoms with Gasteiger partial charge in [0.15, 0.2) is 0 Å². The molecule has 10 nitrogen and oxygen atoms in total. The van der Waals surface area contributed by atoms with Gasteiger partial charge in [-0.3, -0.25) is 19.0 Å². The molecular weight excluding hydrogens is 534 g/mol. The quantitative estimate of drug-likeness (QED) is 0.505. The molecule has 0 saturated carbocycles. The Morgan fingerprint density at radius 1 is 1.30 bits per heavy atom. The standard InChI is InChI=1S/C24H20ClN7O3S2/c25-14-4-15(23(35)32-18(14)20(33)30-24(32)8-36-9-24)29-19-17-13-2-1-12(22(34)31-6-11(5-26)7-31)3-16(13)37-21(17)28-10-27-19/h4,10-12H,1-3,6-9H2,(H,30,33)(H,27,28,29)/t12-/m0/s1. The van der Waals surface area contributed by atoms with Crippen LogP contribution >= 0.6 is 34.7 Å². The van der Waals surface area contributed by atoms with Crippen LogP contribution in [0, 0.1) is 23.2 Å². The molecule has 2 amide bonds. The van der Waals surface area contributed by atoms with Gasteiger partial charge in [-0.25, -0.2) is 9.97 Å². The summed E-state index contributed by atoms with van der Waals surface area (Å²) in [6, 6.07) is 3.71. The number of carbonyl (C=O) groups is 2. The number of aryl methyl sites for hydroxylation is 1. The number of nitrogens with zero attached hydrogens (tertiary/aromatic N) is 5. The van der Waals surface area contributed by atoms with E-state index in [1.807, 2.05) is 0 Å². The first-order valence-corrected chi connectivity index (χ1v) is 14.3. The molecule has 1 aliphatic carbocycles. The van der Waals surface area contributed by atoms with E-state index in [0.717, 1.165) is 20.7 Å². The van der Waals surface area contributed by atoms with Gasteiger partial charge in [0.2, 0.25) is 5.91 Å². The number of hydrogen-bond donors (Lipinski definition) is 2. The summed E-state index contributed by atoms with van der Waals surface area (Å²) in [6.07, 6.45) is 3.50. The molecule has 188 valence electrons. The highest BCUT2D eigenvalue weighted by Gasteiger charge is 2.50. The third-order valence-electron chi connectivity index (χ3n) is 7.65. The van der Waals surface area contributed by atoms with Gasteiger partial charge in [0.05, 0.1) is 22.4 Å². The number of aromatic nitrogens is 3. The Morgan fingerprint density at radius 3 is 2.84 bits per heavy atom. The normalized spacial score (nSPS) is 21.6. The summed E-state index contributed by atoms with van der Waals surface area (Å²) in [7, 11) is 0. The molecule has 4 aliphatic rings. The van der Waals surface area contributed by atoms with E-state index < -0.39 is 5.66 Å². The van der Waals surface area contributed by atoms with E-state index in [9.17, 15) is 14.4 Å². The van der Waals surface area contributed by atoms with E-state index >= 15 is 0 Å². The summed E-state index contributed by atoms with van der Waals surface area (Å²) >= 11 is 9.68. The SMILES string of the molecule is N#CC1CN(C(=O)[C@H]2CCc3c(sc4ncnc(Nc5cc(Cl)c6n(c5=O)C5(CSC5)NC6=O)c34)C2)C1. The van der Waals surface area contributed by atoms with Crippen molar-refractivity contribution in [2.24, 2.45) is 11.8 Å². The van der Waals surface area contributed by atoms with Crippen LogP contribution < -0.4 is 16.2 Å². The molecule has 0 bridgehead atoms. The molecule has 1 spiro atoms. The van der Waals surface area contributed by atoms with Gasteiger partial charge in [0.1, 0.15) is 34.0 Å². The fourth-order valence-electron chi connectivity index (χ4n) is 5.66. The lowest BCUT2D eigenvalue weighted by Crippen LogP contribution is -2.57. The number of rotatable bonds is 3. The van der Waals surface area contributed by atoms with Crippen molar-refractivity contribution in [2.75, 3.05) is 29.9 Å². The molecule has 1 atom stereocenters. The Labute approximate surface area is 224 Å². The van der Waals surface area contributed by atoms with Gasteiger partial charge in [-0.2, -0.15) is 17.0 Å². The second kappa shape index (κ2) is 8.18. The highest BCUT2D eigenvalue weighted by Crippen LogP contribution is 2.42. The van der Waals surface area contributed by atoms with E-state index in [-0.39, 0.29) is 45.6 Å². The molecule has 37 heavy (non-hydrogen) atoms. The summed E-state index contributed by atoms with van der Waals surface area (Å²) in [4.78, 5) is 51.6. The van der Waals surface area contributed by atoms with E-state index in [1.165, 1.54) is 17.0 Å². The Hall–Kier alpha value is -3.14. The average molecular weight is 554 g/mol. The van der Waals surface area contributed by atoms with Gasteiger partial charge < -0.3 is 15.5 Å². The second-order valence-corrected chi connectivity index (χ2v) is 12.4. The minimum Gasteiger partial charge on any atom is -0.340 e. The molecule has 0 radical (unpaired) electrons. The third kappa shape index (κ3) is 3.34. The number of anilines is 2. The molecule has 2 fully saturated rings. The summed E-state index contributed by atoms with van der Waals surface area (Å²) in [5.41, 5.74) is 0.475. The van der Waals surface area contributed by atoms with Crippen molar-refractivity contribution in [3.8, 4) is 6.07 Å². The van der Waals surface area contributed by atoms with Crippen molar-refractivity contribution in [3.05, 3.63) is 43.9 Å². The zero-order valence-electron chi connectivity index (χ0n) is 19.4. The second-order valence-electron chi connectivity index (χ2n) is 9.91. The van der Waals surface area contributed by atoms with Crippen LogP contribution in [0.25, 0.3) is 10.2 Å². The van der Waals surface area contributed by atoms with Gasteiger partial charge in [-0.1, -0.05) is 11.6 Å². The summed E-state index contributed by atoms with van der Waals surface area (Å²) < 4.78 is 1.49. The Balaban J connectivity index is 1.22. The Kier molecular flexibility index (Phi) is 5.09. The number of nitrogens with one attached hydrogen (secondary N) is 2. The number of likely N-dealkylation sites (tertiary alicyclic amines) is 1. The summed E-state index contributed by atoms with van der Waals surface area (Å²) in [6.45, 7) is 1.04. The number of pyridine rings is 1. The van der Waals surface area contributed by atoms with E-state index in [1.54, 1.807) is 28.0 Å². The number of hydrogen-bond acceptors (Lipinski definition) is 9. The van der Waals surface area contributed by atoms with Crippen LogP contribution in [-0.4, -0.2) is 55.8 Å². The molecule has 3 aromatic heterocycles. The van der Waals surface area contributed by atoms with E-state index in [0.29, 0.717) is 49.7 Å². The lowest BCUT2D eigenvalue weighted by molar-refractivity contribution is -0.141. The molecule has 0 unspecified atom stereocenters. The van der Waals surface area contributed by atoms with Crippen molar-refractivity contribution < 1.29 is 9.59 Å². The molecule has 7 rings (SSSR count). The van der Waals surface area contributed by atoms with Crippen LogP contribution in [0.3, 0.4) is 0 Å². The van der Waals surface area contributed by atoms with Crippen LogP contribution in [0.1, 0.15) is 27.3 Å². The lowest BCUT2D eigenvalue weighted by atomic mass is 9.85. The maximum atomic E-state index is 13.5. The number of thiophene rings is 1. The molecule has 3 aliphatic heterocycles. The number of fused-ring (bicyclic) bond motifs is 5. The van der Waals surface area contributed by atoms with Crippen molar-refractivity contribution in [1.82, 2.24) is 24.8 Å². The smallest absolute Gasteiger partial charge is 0.276 e. The van der Waals surface area contributed by atoms with E-state index in [4.69, 9.17) is 16.9 Å². The lowest BCUT2D eigenvalue weighted by Gasteiger charge is -2.38. The number of nitriles is 1. The maximum absolute atomic E-state index is 13.5. The Morgan fingerprint density at radius 2 is 2.11 bits per heavy atom. The van der Waals surface area contributed by atoms with Gasteiger partial charge in [-0.05, 0) is 30.9 Å². The van der Waals surface area contributed by atoms with Crippen molar-refractivity contribution in [1.29, 1.82) is 5.26 Å². The maximum Gasteiger partial charge on any atom is 0.276 e. The first-order chi connectivity index (χ1) is 17.9. The summed E-state index contributed by atoms with van der Waals surface area (Å²) in [5.74, 6) is 1.34. The van der Waals surface area contributed by atoms with Crippen LogP contribution in [0.15, 0.2) is 17.2 Å². The Bertz CT molecular complexity index is 1620. The molecule has 0 aromatic carbocycles. The molecule has 3 aromatic rings. The molecule has 6 heterocycles.